The van der Waals surface area contributed by atoms with Crippen molar-refractivity contribution < 1.29 is 18.4 Å². The molecule has 1 N–H and O–H groups in total. The summed E-state index contributed by atoms with van der Waals surface area (Å²) >= 11 is 1.53. The standard InChI is InChI=1S/C20H14FN3O3S/c21-14-5-7-15(8-6-14)22-17-4-2-1-3-16(17)20(25)26-11-18-23-19(24-27-18)13-9-10-28-12-13/h1-10,12,22H,11H2. The fourth-order valence-electron chi connectivity index (χ4n) is 2.49. The molecule has 4 aromatic rings. The summed E-state index contributed by atoms with van der Waals surface area (Å²) in [4.78, 5) is 16.7. The molecule has 2 heterocycles. The molecule has 0 saturated heterocycles. The lowest BCUT2D eigenvalue weighted by molar-refractivity contribution is 0.0431. The second kappa shape index (κ2) is 8.01. The molecule has 0 atom stereocenters. The first kappa shape index (κ1) is 17.9. The third-order valence-corrected chi connectivity index (χ3v) is 4.53. The number of hydrogen-bond acceptors (Lipinski definition) is 7. The smallest absolute Gasteiger partial charge is 0.340 e. The van der Waals surface area contributed by atoms with Crippen LogP contribution in [0.4, 0.5) is 15.8 Å². The highest BCUT2D eigenvalue weighted by molar-refractivity contribution is 7.08. The number of hydrogen-bond donors (Lipinski definition) is 1. The van der Waals surface area contributed by atoms with E-state index in [1.54, 1.807) is 36.4 Å². The van der Waals surface area contributed by atoms with Crippen molar-refractivity contribution in [1.82, 2.24) is 10.1 Å². The van der Waals surface area contributed by atoms with Gasteiger partial charge in [-0.3, -0.25) is 0 Å². The van der Waals surface area contributed by atoms with Crippen molar-refractivity contribution in [2.75, 3.05) is 5.32 Å². The molecule has 140 valence electrons. The number of anilines is 2. The Labute approximate surface area is 163 Å². The van der Waals surface area contributed by atoms with E-state index in [2.05, 4.69) is 15.5 Å². The first-order valence-corrected chi connectivity index (χ1v) is 9.27. The molecule has 28 heavy (non-hydrogen) atoms. The third-order valence-electron chi connectivity index (χ3n) is 3.84. The zero-order valence-corrected chi connectivity index (χ0v) is 15.3. The van der Waals surface area contributed by atoms with Gasteiger partial charge in [0.2, 0.25) is 5.82 Å². The fraction of sp³-hybridized carbons (Fsp3) is 0.0500. The number of esters is 1. The number of nitrogens with zero attached hydrogens (tertiary/aromatic N) is 2. The van der Waals surface area contributed by atoms with Gasteiger partial charge in [-0.25, -0.2) is 9.18 Å². The number of carbonyl (C=O) groups excluding carboxylic acids is 1. The van der Waals surface area contributed by atoms with Gasteiger partial charge >= 0.3 is 5.97 Å². The summed E-state index contributed by atoms with van der Waals surface area (Å²) < 4.78 is 23.5. The van der Waals surface area contributed by atoms with Crippen molar-refractivity contribution in [3.8, 4) is 11.4 Å². The van der Waals surface area contributed by atoms with Crippen LogP contribution in [0.2, 0.25) is 0 Å². The molecule has 0 amide bonds. The summed E-state index contributed by atoms with van der Waals surface area (Å²) in [6, 6.07) is 14.6. The molecular weight excluding hydrogens is 381 g/mol. The lowest BCUT2D eigenvalue weighted by Crippen LogP contribution is -2.08. The van der Waals surface area contributed by atoms with Crippen LogP contribution in [0.25, 0.3) is 11.4 Å². The molecule has 0 aliphatic heterocycles. The Kier molecular flexibility index (Phi) is 5.11. The Balaban J connectivity index is 1.44. The Morgan fingerprint density at radius 3 is 2.75 bits per heavy atom. The van der Waals surface area contributed by atoms with Gasteiger partial charge in [-0.2, -0.15) is 16.3 Å². The first-order chi connectivity index (χ1) is 13.7. The Bertz CT molecular complexity index is 1080. The second-order valence-electron chi connectivity index (χ2n) is 5.78. The number of halogens is 1. The van der Waals surface area contributed by atoms with Gasteiger partial charge < -0.3 is 14.6 Å². The molecule has 4 rings (SSSR count). The first-order valence-electron chi connectivity index (χ1n) is 8.33. The zero-order valence-electron chi connectivity index (χ0n) is 14.5. The summed E-state index contributed by atoms with van der Waals surface area (Å²) in [5.74, 6) is -0.218. The maximum atomic E-state index is 13.1. The Morgan fingerprint density at radius 1 is 1.14 bits per heavy atom. The molecule has 0 saturated carbocycles. The maximum absolute atomic E-state index is 13.1. The van der Waals surface area contributed by atoms with Crippen LogP contribution in [-0.2, 0) is 11.3 Å². The van der Waals surface area contributed by atoms with E-state index in [1.807, 2.05) is 16.8 Å². The van der Waals surface area contributed by atoms with Gasteiger partial charge in [-0.05, 0) is 47.8 Å². The van der Waals surface area contributed by atoms with Gasteiger partial charge in [0, 0.05) is 16.6 Å². The number of carbonyl (C=O) groups is 1. The minimum atomic E-state index is -0.541. The molecule has 6 nitrogen and oxygen atoms in total. The molecule has 8 heteroatoms. The lowest BCUT2D eigenvalue weighted by atomic mass is 10.1. The number of rotatable bonds is 6. The van der Waals surface area contributed by atoms with E-state index in [0.717, 1.165) is 5.56 Å². The van der Waals surface area contributed by atoms with Gasteiger partial charge in [0.15, 0.2) is 6.61 Å². The highest BCUT2D eigenvalue weighted by Crippen LogP contribution is 2.23. The van der Waals surface area contributed by atoms with Gasteiger partial charge in [-0.15, -0.1) is 0 Å². The van der Waals surface area contributed by atoms with Crippen LogP contribution >= 0.6 is 11.3 Å². The van der Waals surface area contributed by atoms with Crippen LogP contribution in [-0.4, -0.2) is 16.1 Å². The van der Waals surface area contributed by atoms with Crippen molar-refractivity contribution in [3.63, 3.8) is 0 Å². The normalized spacial score (nSPS) is 10.6. The van der Waals surface area contributed by atoms with Crippen LogP contribution < -0.4 is 5.32 Å². The van der Waals surface area contributed by atoms with E-state index in [-0.39, 0.29) is 18.3 Å². The van der Waals surface area contributed by atoms with Crippen LogP contribution in [0, 0.1) is 5.82 Å². The summed E-state index contributed by atoms with van der Waals surface area (Å²) in [6.45, 7) is -0.138. The van der Waals surface area contributed by atoms with Crippen molar-refractivity contribution in [3.05, 3.63) is 82.6 Å². The molecule has 2 aromatic carbocycles. The van der Waals surface area contributed by atoms with E-state index >= 15 is 0 Å². The Morgan fingerprint density at radius 2 is 1.96 bits per heavy atom. The largest absolute Gasteiger partial charge is 0.452 e. The van der Waals surface area contributed by atoms with Crippen LogP contribution in [0.5, 0.6) is 0 Å². The minimum Gasteiger partial charge on any atom is -0.452 e. The van der Waals surface area contributed by atoms with Gasteiger partial charge in [0.05, 0.1) is 11.3 Å². The van der Waals surface area contributed by atoms with E-state index in [4.69, 9.17) is 9.26 Å². The second-order valence-corrected chi connectivity index (χ2v) is 6.56. The van der Waals surface area contributed by atoms with Crippen molar-refractivity contribution in [1.29, 1.82) is 0 Å². The Hall–Kier alpha value is -3.52. The quantitative estimate of drug-likeness (QED) is 0.461. The van der Waals surface area contributed by atoms with Crippen LogP contribution in [0.1, 0.15) is 16.2 Å². The maximum Gasteiger partial charge on any atom is 0.340 e. The SMILES string of the molecule is O=C(OCc1nc(-c2ccsc2)no1)c1ccccc1Nc1ccc(F)cc1. The van der Waals surface area contributed by atoms with Gasteiger partial charge in [0.1, 0.15) is 5.82 Å². The minimum absolute atomic E-state index is 0.138. The van der Waals surface area contributed by atoms with E-state index in [9.17, 15) is 9.18 Å². The average molecular weight is 395 g/mol. The number of ether oxygens (including phenoxy) is 1. The van der Waals surface area contributed by atoms with Crippen LogP contribution in [0.15, 0.2) is 69.9 Å². The molecule has 0 spiro atoms. The highest BCUT2D eigenvalue weighted by atomic mass is 32.1. The third kappa shape index (κ3) is 4.07. The van der Waals surface area contributed by atoms with Crippen LogP contribution in [0.3, 0.4) is 0 Å². The zero-order chi connectivity index (χ0) is 19.3. The van der Waals surface area contributed by atoms with E-state index < -0.39 is 5.97 Å². The number of thiophene rings is 1. The summed E-state index contributed by atoms with van der Waals surface area (Å²) in [5.41, 5.74) is 2.38. The number of benzene rings is 2. The molecule has 0 fully saturated rings. The lowest BCUT2D eigenvalue weighted by Gasteiger charge is -2.11. The number of para-hydroxylation sites is 1. The molecule has 0 aliphatic rings. The molecule has 2 aromatic heterocycles. The molecule has 0 unspecified atom stereocenters. The number of aromatic nitrogens is 2. The monoisotopic (exact) mass is 395 g/mol. The van der Waals surface area contributed by atoms with E-state index in [0.29, 0.717) is 22.8 Å². The molecular formula is C20H14FN3O3S. The topological polar surface area (TPSA) is 77.2 Å². The fourth-order valence-corrected chi connectivity index (χ4v) is 3.12. The summed E-state index contributed by atoms with van der Waals surface area (Å²) in [6.07, 6.45) is 0. The van der Waals surface area contributed by atoms with Crippen molar-refractivity contribution in [2.24, 2.45) is 0 Å². The van der Waals surface area contributed by atoms with E-state index in [1.165, 1.54) is 23.5 Å². The van der Waals surface area contributed by atoms with Crippen molar-refractivity contribution in [2.45, 2.75) is 6.61 Å². The summed E-state index contributed by atoms with van der Waals surface area (Å²) in [5, 5.41) is 10.8. The average Bonchev–Trinajstić information content (AvgIpc) is 3.40. The van der Waals surface area contributed by atoms with Gasteiger partial charge in [0.25, 0.3) is 5.89 Å². The molecule has 0 bridgehead atoms. The number of nitrogens with one attached hydrogen (secondary N) is 1. The van der Waals surface area contributed by atoms with Gasteiger partial charge in [-0.1, -0.05) is 17.3 Å². The van der Waals surface area contributed by atoms with Crippen molar-refractivity contribution >= 4 is 28.7 Å². The highest BCUT2D eigenvalue weighted by Gasteiger charge is 2.15. The summed E-state index contributed by atoms with van der Waals surface area (Å²) in [7, 11) is 0. The predicted octanol–water partition coefficient (Wildman–Crippen LogP) is 5.04. The predicted molar refractivity (Wildman–Crippen MR) is 103 cm³/mol. The molecule has 0 aliphatic carbocycles. The molecule has 0 radical (unpaired) electrons.